The van der Waals surface area contributed by atoms with Crippen LogP contribution < -0.4 is 5.43 Å². The van der Waals surface area contributed by atoms with Crippen LogP contribution in [0, 0.1) is 0 Å². The van der Waals surface area contributed by atoms with Gasteiger partial charge in [0, 0.05) is 11.3 Å². The summed E-state index contributed by atoms with van der Waals surface area (Å²) in [6, 6.07) is 7.14. The number of hydrazone groups is 1. The zero-order chi connectivity index (χ0) is 19.8. The molecule has 1 aliphatic rings. The Labute approximate surface area is 150 Å². The molecule has 1 N–H and O–H groups in total. The van der Waals surface area contributed by atoms with Crippen LogP contribution in [0.15, 0.2) is 72.0 Å². The third-order valence-corrected chi connectivity index (χ3v) is 3.91. The maximum Gasteiger partial charge on any atom is 0.417 e. The first-order valence-corrected chi connectivity index (χ1v) is 7.65. The molecule has 0 fully saturated rings. The number of hydrogen-bond acceptors (Lipinski definition) is 2. The van der Waals surface area contributed by atoms with Gasteiger partial charge in [0.2, 0.25) is 0 Å². The molecular formula is C19H12F6N2. The molecule has 0 amide bonds. The van der Waals surface area contributed by atoms with E-state index in [2.05, 4.69) is 17.1 Å². The summed E-state index contributed by atoms with van der Waals surface area (Å²) in [6.45, 7) is 3.61. The van der Waals surface area contributed by atoms with Crippen molar-refractivity contribution in [3.05, 3.63) is 83.6 Å². The normalized spacial score (nSPS) is 14.7. The Balaban J connectivity index is 2.06. The zero-order valence-electron chi connectivity index (χ0n) is 13.6. The fourth-order valence-corrected chi connectivity index (χ4v) is 2.58. The molecule has 1 heterocycles. The van der Waals surface area contributed by atoms with Gasteiger partial charge in [-0.2, -0.15) is 31.4 Å². The van der Waals surface area contributed by atoms with Gasteiger partial charge in [0.15, 0.2) is 0 Å². The highest BCUT2D eigenvalue weighted by Gasteiger charge is 2.35. The van der Waals surface area contributed by atoms with Crippen molar-refractivity contribution >= 4 is 5.71 Å². The molecule has 0 bridgehead atoms. The van der Waals surface area contributed by atoms with Gasteiger partial charge >= 0.3 is 12.4 Å². The van der Waals surface area contributed by atoms with Gasteiger partial charge in [-0.25, -0.2) is 0 Å². The van der Waals surface area contributed by atoms with Crippen molar-refractivity contribution in [3.8, 4) is 11.1 Å². The third-order valence-electron chi connectivity index (χ3n) is 3.91. The second-order valence-electron chi connectivity index (χ2n) is 5.80. The molecule has 140 valence electrons. The van der Waals surface area contributed by atoms with Crippen LogP contribution in [-0.2, 0) is 12.4 Å². The molecule has 0 saturated heterocycles. The molecule has 0 aliphatic carbocycles. The molecule has 0 atom stereocenters. The highest BCUT2D eigenvalue weighted by molar-refractivity contribution is 6.09. The number of halogens is 6. The minimum Gasteiger partial charge on any atom is -0.279 e. The third kappa shape index (κ3) is 4.05. The van der Waals surface area contributed by atoms with Crippen molar-refractivity contribution in [2.75, 3.05) is 0 Å². The van der Waals surface area contributed by atoms with E-state index >= 15 is 0 Å². The van der Waals surface area contributed by atoms with Gasteiger partial charge in [0.1, 0.15) is 0 Å². The summed E-state index contributed by atoms with van der Waals surface area (Å²) in [5, 5.41) is 3.93. The van der Waals surface area contributed by atoms with E-state index in [1.165, 1.54) is 18.2 Å². The van der Waals surface area contributed by atoms with Crippen LogP contribution in [0.3, 0.4) is 0 Å². The summed E-state index contributed by atoms with van der Waals surface area (Å²) >= 11 is 0. The number of hydrogen-bond donors (Lipinski definition) is 1. The van der Waals surface area contributed by atoms with Gasteiger partial charge in [0.25, 0.3) is 0 Å². The van der Waals surface area contributed by atoms with E-state index in [9.17, 15) is 26.3 Å². The molecule has 0 saturated carbocycles. The van der Waals surface area contributed by atoms with Crippen LogP contribution in [0.4, 0.5) is 26.3 Å². The fraction of sp³-hybridized carbons (Fsp3) is 0.105. The molecule has 8 heteroatoms. The van der Waals surface area contributed by atoms with E-state index in [0.29, 0.717) is 5.70 Å². The molecule has 0 unspecified atom stereocenters. The minimum absolute atomic E-state index is 0.0366. The Morgan fingerprint density at radius 2 is 1.41 bits per heavy atom. The summed E-state index contributed by atoms with van der Waals surface area (Å²) in [5.41, 5.74) is 1.51. The van der Waals surface area contributed by atoms with Crippen molar-refractivity contribution in [2.24, 2.45) is 5.10 Å². The molecular weight excluding hydrogens is 370 g/mol. The number of benzene rings is 2. The van der Waals surface area contributed by atoms with E-state index in [0.717, 1.165) is 30.3 Å². The Morgan fingerprint density at radius 1 is 0.778 bits per heavy atom. The van der Waals surface area contributed by atoms with E-state index < -0.39 is 23.5 Å². The Bertz CT molecular complexity index is 934. The van der Waals surface area contributed by atoms with E-state index in [4.69, 9.17) is 0 Å². The van der Waals surface area contributed by atoms with Crippen LogP contribution in [0.1, 0.15) is 16.7 Å². The highest BCUT2D eigenvalue weighted by atomic mass is 19.4. The first-order valence-electron chi connectivity index (χ1n) is 7.65. The largest absolute Gasteiger partial charge is 0.417 e. The Kier molecular flexibility index (Phi) is 4.59. The topological polar surface area (TPSA) is 24.4 Å². The lowest BCUT2D eigenvalue weighted by molar-refractivity contribution is -0.138. The number of alkyl halides is 6. The lowest BCUT2D eigenvalue weighted by atomic mass is 9.94. The molecule has 1 aliphatic heterocycles. The van der Waals surface area contributed by atoms with Crippen LogP contribution in [0.25, 0.3) is 11.1 Å². The molecule has 0 spiro atoms. The number of nitrogens with one attached hydrogen (secondary N) is 1. The van der Waals surface area contributed by atoms with Gasteiger partial charge in [-0.3, -0.25) is 5.43 Å². The smallest absolute Gasteiger partial charge is 0.279 e. The highest BCUT2D eigenvalue weighted by Crippen LogP contribution is 2.39. The second kappa shape index (κ2) is 6.61. The quantitative estimate of drug-likeness (QED) is 0.656. The minimum atomic E-state index is -4.69. The van der Waals surface area contributed by atoms with Gasteiger partial charge in [0.05, 0.1) is 16.8 Å². The molecule has 0 aromatic heterocycles. The van der Waals surface area contributed by atoms with Crippen molar-refractivity contribution in [2.45, 2.75) is 12.4 Å². The van der Waals surface area contributed by atoms with Crippen molar-refractivity contribution < 1.29 is 26.3 Å². The Morgan fingerprint density at radius 3 is 1.93 bits per heavy atom. The summed E-state index contributed by atoms with van der Waals surface area (Å²) < 4.78 is 78.6. The summed E-state index contributed by atoms with van der Waals surface area (Å²) in [7, 11) is 0. The maximum atomic E-state index is 13.5. The number of allylic oxidation sites excluding steroid dienone is 2. The first kappa shape index (κ1) is 18.8. The second-order valence-corrected chi connectivity index (χ2v) is 5.80. The average molecular weight is 382 g/mol. The van der Waals surface area contributed by atoms with Gasteiger partial charge in [-0.05, 0) is 41.5 Å². The van der Waals surface area contributed by atoms with E-state index in [-0.39, 0.29) is 22.4 Å². The molecule has 2 aromatic carbocycles. The SMILES string of the molecule is C=C1C=CC(c2ccc(-c3ccc(C(F)(F)F)cc3)c(C(F)(F)F)c2)=NN1. The van der Waals surface area contributed by atoms with Gasteiger partial charge < -0.3 is 0 Å². The van der Waals surface area contributed by atoms with Gasteiger partial charge in [-0.15, -0.1) is 0 Å². The summed E-state index contributed by atoms with van der Waals surface area (Å²) in [4.78, 5) is 0. The van der Waals surface area contributed by atoms with Crippen LogP contribution in [0.2, 0.25) is 0 Å². The van der Waals surface area contributed by atoms with E-state index in [1.54, 1.807) is 6.08 Å². The van der Waals surface area contributed by atoms with E-state index in [1.807, 2.05) is 0 Å². The van der Waals surface area contributed by atoms with Crippen molar-refractivity contribution in [1.29, 1.82) is 0 Å². The van der Waals surface area contributed by atoms with Gasteiger partial charge in [-0.1, -0.05) is 30.8 Å². The molecule has 2 nitrogen and oxygen atoms in total. The molecule has 3 rings (SSSR count). The lowest BCUT2D eigenvalue weighted by Gasteiger charge is -2.16. The molecule has 2 aromatic rings. The maximum absolute atomic E-state index is 13.5. The predicted molar refractivity (Wildman–Crippen MR) is 89.8 cm³/mol. The van der Waals surface area contributed by atoms with Crippen LogP contribution >= 0.6 is 0 Å². The first-order chi connectivity index (χ1) is 12.6. The fourth-order valence-electron chi connectivity index (χ4n) is 2.58. The molecule has 27 heavy (non-hydrogen) atoms. The lowest BCUT2D eigenvalue weighted by Crippen LogP contribution is -2.14. The Hall–Kier alpha value is -3.03. The number of nitrogens with zero attached hydrogens (tertiary/aromatic N) is 1. The summed E-state index contributed by atoms with van der Waals surface area (Å²) in [5.74, 6) is 0. The average Bonchev–Trinajstić information content (AvgIpc) is 2.60. The monoisotopic (exact) mass is 382 g/mol. The predicted octanol–water partition coefficient (Wildman–Crippen LogP) is 5.77. The zero-order valence-corrected chi connectivity index (χ0v) is 13.6. The van der Waals surface area contributed by atoms with Crippen molar-refractivity contribution in [1.82, 2.24) is 5.43 Å². The van der Waals surface area contributed by atoms with Crippen LogP contribution in [0.5, 0.6) is 0 Å². The standard InChI is InChI=1S/C19H12F6N2/c1-11-2-9-17(27-26-11)13-5-8-15(16(10-13)19(23,24)25)12-3-6-14(7-4-12)18(20,21)22/h2-10,26H,1H2. The summed E-state index contributed by atoms with van der Waals surface area (Å²) in [6.07, 6.45) is -6.16. The molecule has 0 radical (unpaired) electrons. The van der Waals surface area contributed by atoms with Crippen LogP contribution in [-0.4, -0.2) is 5.71 Å². The number of rotatable bonds is 2. The van der Waals surface area contributed by atoms with Crippen molar-refractivity contribution in [3.63, 3.8) is 0 Å².